The fraction of sp³-hybridized carbons (Fsp3) is 0.929. The number of carbonyl (C=O) groups is 2. The van der Waals surface area contributed by atoms with E-state index in [4.69, 9.17) is 4.74 Å². The molecule has 368 valence electrons. The zero-order valence-corrected chi connectivity index (χ0v) is 41.9. The molecule has 0 aliphatic rings. The van der Waals surface area contributed by atoms with Crippen LogP contribution in [0.15, 0.2) is 12.2 Å². The molecule has 3 N–H and O–H groups in total. The van der Waals surface area contributed by atoms with E-state index < -0.39 is 12.1 Å². The molecule has 2 unspecified atom stereocenters. The van der Waals surface area contributed by atoms with Crippen LogP contribution in [0.25, 0.3) is 0 Å². The SMILES string of the molecule is CCCCCCCCCCCCCCCCCCC(=O)OCCCCCCCC/C=C\CCCCCC(=O)NC(CO)C(O)CCCCCCCCCCCCCCCCCC. The van der Waals surface area contributed by atoms with E-state index >= 15 is 0 Å². The summed E-state index contributed by atoms with van der Waals surface area (Å²) in [5.74, 6) is -0.0712. The average Bonchev–Trinajstić information content (AvgIpc) is 3.27. The van der Waals surface area contributed by atoms with Crippen molar-refractivity contribution in [3.8, 4) is 0 Å². The maximum atomic E-state index is 12.5. The lowest BCUT2D eigenvalue weighted by atomic mass is 10.0. The summed E-state index contributed by atoms with van der Waals surface area (Å²) >= 11 is 0. The second-order valence-corrected chi connectivity index (χ2v) is 19.3. The van der Waals surface area contributed by atoms with Crippen molar-refractivity contribution in [2.75, 3.05) is 13.2 Å². The van der Waals surface area contributed by atoms with Crippen molar-refractivity contribution >= 4 is 11.9 Å². The van der Waals surface area contributed by atoms with Crippen LogP contribution in [0.1, 0.15) is 309 Å². The molecule has 2 atom stereocenters. The smallest absolute Gasteiger partial charge is 0.305 e. The maximum Gasteiger partial charge on any atom is 0.305 e. The Labute approximate surface area is 387 Å². The van der Waals surface area contributed by atoms with Gasteiger partial charge in [0.2, 0.25) is 5.91 Å². The molecule has 0 aliphatic heterocycles. The van der Waals surface area contributed by atoms with Gasteiger partial charge in [-0.1, -0.05) is 257 Å². The molecule has 1 amide bonds. The van der Waals surface area contributed by atoms with Crippen LogP contribution in [0.4, 0.5) is 0 Å². The minimum atomic E-state index is -0.680. The van der Waals surface area contributed by atoms with E-state index in [1.165, 1.54) is 205 Å². The van der Waals surface area contributed by atoms with E-state index in [1.54, 1.807) is 0 Å². The van der Waals surface area contributed by atoms with Gasteiger partial charge in [0, 0.05) is 12.8 Å². The van der Waals surface area contributed by atoms with E-state index in [1.807, 2.05) is 0 Å². The van der Waals surface area contributed by atoms with Crippen LogP contribution in [-0.4, -0.2) is 47.4 Å². The van der Waals surface area contributed by atoms with Gasteiger partial charge < -0.3 is 20.3 Å². The molecule has 0 rings (SSSR count). The number of unbranched alkanes of at least 4 members (excludes halogenated alkanes) is 39. The van der Waals surface area contributed by atoms with Crippen molar-refractivity contribution in [1.82, 2.24) is 5.32 Å². The first-order chi connectivity index (χ1) is 30.5. The van der Waals surface area contributed by atoms with E-state index in [0.29, 0.717) is 25.9 Å². The van der Waals surface area contributed by atoms with Gasteiger partial charge in [0.15, 0.2) is 0 Å². The summed E-state index contributed by atoms with van der Waals surface area (Å²) in [4.78, 5) is 24.5. The van der Waals surface area contributed by atoms with Crippen LogP contribution in [0.3, 0.4) is 0 Å². The zero-order chi connectivity index (χ0) is 45.1. The summed E-state index contributed by atoms with van der Waals surface area (Å²) in [6.45, 7) is 4.93. The number of aliphatic hydroxyl groups is 2. The highest BCUT2D eigenvalue weighted by molar-refractivity contribution is 5.76. The Morgan fingerprint density at radius 2 is 0.758 bits per heavy atom. The molecule has 0 aromatic carbocycles. The first-order valence-electron chi connectivity index (χ1n) is 27.9. The number of carbonyl (C=O) groups excluding carboxylic acids is 2. The van der Waals surface area contributed by atoms with Gasteiger partial charge >= 0.3 is 5.97 Å². The second-order valence-electron chi connectivity index (χ2n) is 19.3. The van der Waals surface area contributed by atoms with Crippen LogP contribution >= 0.6 is 0 Å². The third-order valence-electron chi connectivity index (χ3n) is 13.1. The summed E-state index contributed by atoms with van der Waals surface area (Å²) in [5.41, 5.74) is 0. The summed E-state index contributed by atoms with van der Waals surface area (Å²) in [6.07, 6.45) is 60.5. The summed E-state index contributed by atoms with van der Waals surface area (Å²) in [5, 5.41) is 23.2. The molecule has 0 fully saturated rings. The molecular weight excluding hydrogens is 767 g/mol. The highest BCUT2D eigenvalue weighted by atomic mass is 16.5. The lowest BCUT2D eigenvalue weighted by Crippen LogP contribution is -2.45. The number of ether oxygens (including phenoxy) is 1. The van der Waals surface area contributed by atoms with Crippen molar-refractivity contribution in [1.29, 1.82) is 0 Å². The fourth-order valence-corrected chi connectivity index (χ4v) is 8.75. The van der Waals surface area contributed by atoms with Crippen molar-refractivity contribution in [2.45, 2.75) is 321 Å². The molecule has 0 bridgehead atoms. The molecule has 0 spiro atoms. The molecule has 0 radical (unpaired) electrons. The fourth-order valence-electron chi connectivity index (χ4n) is 8.75. The molecule has 0 saturated carbocycles. The minimum absolute atomic E-state index is 0.00856. The minimum Gasteiger partial charge on any atom is -0.466 e. The van der Waals surface area contributed by atoms with Gasteiger partial charge in [-0.15, -0.1) is 0 Å². The molecule has 6 nitrogen and oxygen atoms in total. The number of rotatable bonds is 52. The third-order valence-corrected chi connectivity index (χ3v) is 13.1. The van der Waals surface area contributed by atoms with Crippen LogP contribution in [0.5, 0.6) is 0 Å². The molecule has 0 saturated heterocycles. The summed E-state index contributed by atoms with van der Waals surface area (Å²) in [6, 6.07) is -0.560. The predicted molar refractivity (Wildman–Crippen MR) is 269 cm³/mol. The van der Waals surface area contributed by atoms with Gasteiger partial charge in [-0.2, -0.15) is 0 Å². The van der Waals surface area contributed by atoms with Gasteiger partial charge in [-0.3, -0.25) is 9.59 Å². The Morgan fingerprint density at radius 3 is 1.16 bits per heavy atom. The Bertz CT molecular complexity index is 924. The Balaban J connectivity index is 3.47. The number of esters is 1. The third kappa shape index (κ3) is 48.1. The predicted octanol–water partition coefficient (Wildman–Crippen LogP) is 16.9. The molecule has 0 aromatic heterocycles. The zero-order valence-electron chi connectivity index (χ0n) is 41.9. The number of amides is 1. The lowest BCUT2D eigenvalue weighted by molar-refractivity contribution is -0.143. The van der Waals surface area contributed by atoms with Gasteiger partial charge in [0.1, 0.15) is 0 Å². The lowest BCUT2D eigenvalue weighted by Gasteiger charge is -2.22. The van der Waals surface area contributed by atoms with Crippen LogP contribution in [0.2, 0.25) is 0 Å². The Kier molecular flexibility index (Phi) is 51.0. The number of nitrogens with one attached hydrogen (secondary N) is 1. The van der Waals surface area contributed by atoms with Crippen LogP contribution in [0, 0.1) is 0 Å². The molecule has 6 heteroatoms. The second kappa shape index (κ2) is 52.2. The molecular formula is C56H109NO5. The summed E-state index contributed by atoms with van der Waals surface area (Å²) in [7, 11) is 0. The van der Waals surface area contributed by atoms with Gasteiger partial charge in [-0.05, 0) is 51.4 Å². The monoisotopic (exact) mass is 876 g/mol. The molecule has 0 aliphatic carbocycles. The van der Waals surface area contributed by atoms with Gasteiger partial charge in [0.25, 0.3) is 0 Å². The Hall–Kier alpha value is -1.40. The highest BCUT2D eigenvalue weighted by Gasteiger charge is 2.20. The van der Waals surface area contributed by atoms with E-state index in [-0.39, 0.29) is 18.5 Å². The standard InChI is InChI=1S/C56H109NO5/c1-3-5-7-9-11-13-15-17-19-21-24-28-32-36-40-44-48-54(59)53(52-58)57-55(60)49-45-41-37-33-29-25-23-27-31-35-39-43-47-51-62-56(61)50-46-42-38-34-30-26-22-20-18-16-14-12-10-8-6-4-2/h25,29,53-54,58-59H,3-24,26-28,30-52H2,1-2H3,(H,57,60)/b29-25-. The molecule has 0 aromatic rings. The highest BCUT2D eigenvalue weighted by Crippen LogP contribution is 2.17. The van der Waals surface area contributed by atoms with Crippen molar-refractivity contribution in [3.63, 3.8) is 0 Å². The number of hydrogen-bond donors (Lipinski definition) is 3. The Morgan fingerprint density at radius 1 is 0.435 bits per heavy atom. The van der Waals surface area contributed by atoms with Crippen molar-refractivity contribution in [2.24, 2.45) is 0 Å². The van der Waals surface area contributed by atoms with E-state index in [0.717, 1.165) is 70.6 Å². The van der Waals surface area contributed by atoms with Crippen LogP contribution in [-0.2, 0) is 14.3 Å². The first-order valence-corrected chi connectivity index (χ1v) is 27.9. The quantitative estimate of drug-likeness (QED) is 0.0321. The van der Waals surface area contributed by atoms with Gasteiger partial charge in [0.05, 0.1) is 25.4 Å². The van der Waals surface area contributed by atoms with Crippen molar-refractivity contribution in [3.05, 3.63) is 12.2 Å². The maximum absolute atomic E-state index is 12.5. The molecule has 62 heavy (non-hydrogen) atoms. The van der Waals surface area contributed by atoms with E-state index in [9.17, 15) is 19.8 Å². The molecule has 0 heterocycles. The average molecular weight is 876 g/mol. The normalized spacial score (nSPS) is 12.6. The number of hydrogen-bond acceptors (Lipinski definition) is 5. The van der Waals surface area contributed by atoms with Crippen molar-refractivity contribution < 1.29 is 24.5 Å². The van der Waals surface area contributed by atoms with E-state index in [2.05, 4.69) is 31.3 Å². The van der Waals surface area contributed by atoms with Gasteiger partial charge in [-0.25, -0.2) is 0 Å². The number of aliphatic hydroxyl groups excluding tert-OH is 2. The number of allylic oxidation sites excluding steroid dienone is 2. The summed E-state index contributed by atoms with van der Waals surface area (Å²) < 4.78 is 5.47. The first kappa shape index (κ1) is 60.6. The largest absolute Gasteiger partial charge is 0.466 e. The topological polar surface area (TPSA) is 95.9 Å². The van der Waals surface area contributed by atoms with Crippen LogP contribution < -0.4 is 5.32 Å².